The Balaban J connectivity index is 1.84. The van der Waals surface area contributed by atoms with Gasteiger partial charge in [0.05, 0.1) is 35.4 Å². The molecule has 2 heterocycles. The Morgan fingerprint density at radius 1 is 1.14 bits per heavy atom. The highest BCUT2D eigenvalue weighted by atomic mass is 32.1. The Morgan fingerprint density at radius 2 is 1.93 bits per heavy atom. The summed E-state index contributed by atoms with van der Waals surface area (Å²) in [5.41, 5.74) is 6.54. The van der Waals surface area contributed by atoms with Crippen LogP contribution >= 0.6 is 12.2 Å². The minimum Gasteiger partial charge on any atom is -0.465 e. The third-order valence-corrected chi connectivity index (χ3v) is 6.53. The fourth-order valence-electron chi connectivity index (χ4n) is 5.01. The van der Waals surface area contributed by atoms with Crippen molar-refractivity contribution >= 4 is 39.8 Å². The van der Waals surface area contributed by atoms with Gasteiger partial charge in [-0.1, -0.05) is 55.7 Å². The van der Waals surface area contributed by atoms with Crippen LogP contribution < -0.4 is 5.32 Å². The number of anilines is 1. The summed E-state index contributed by atoms with van der Waals surface area (Å²) in [5.74, 6) is 0.225. The predicted molar refractivity (Wildman–Crippen MR) is 121 cm³/mol. The highest BCUT2D eigenvalue weighted by molar-refractivity contribution is 7.80. The molecular weight excluding hydrogens is 380 g/mol. The number of aromatic nitrogens is 1. The summed E-state index contributed by atoms with van der Waals surface area (Å²) in [4.78, 5) is 13.0. The van der Waals surface area contributed by atoms with Gasteiger partial charge >= 0.3 is 5.97 Å². The van der Waals surface area contributed by atoms with Crippen molar-refractivity contribution in [3.05, 3.63) is 53.6 Å². The van der Waals surface area contributed by atoms with Gasteiger partial charge in [-0.3, -0.25) is 0 Å². The molecule has 4 nitrogen and oxygen atoms in total. The second-order valence-corrected chi connectivity index (χ2v) is 8.49. The van der Waals surface area contributed by atoms with E-state index in [0.717, 1.165) is 16.2 Å². The van der Waals surface area contributed by atoms with Crippen LogP contribution in [0.4, 0.5) is 5.69 Å². The maximum Gasteiger partial charge on any atom is 0.337 e. The number of carbonyl (C=O) groups excluding carboxylic acids is 1. The molecule has 1 saturated carbocycles. The first-order valence-electron chi connectivity index (χ1n) is 10.3. The Morgan fingerprint density at radius 3 is 2.72 bits per heavy atom. The van der Waals surface area contributed by atoms with Gasteiger partial charge in [-0.25, -0.2) is 4.79 Å². The first-order valence-corrected chi connectivity index (χ1v) is 10.7. The SMILES string of the molecule is COC(=O)c1ccc2c(C3CCCCC3)c3n(c2c1)CC(=S)Nc1ccccc1-3. The molecule has 3 aromatic rings. The van der Waals surface area contributed by atoms with Crippen molar-refractivity contribution in [2.45, 2.75) is 44.6 Å². The number of thiocarbonyl (C=S) groups is 1. The average Bonchev–Trinajstić information content (AvgIpc) is 2.98. The standard InChI is InChI=1S/C24H24N2O2S/c1-28-24(27)16-11-12-18-20(13-16)26-14-21(29)25-19-10-6-5-9-17(19)23(26)22(18)15-7-3-2-4-8-15/h5-6,9-13,15H,2-4,7-8,14H2,1H3,(H,25,29). The summed E-state index contributed by atoms with van der Waals surface area (Å²) in [6.07, 6.45) is 6.29. The smallest absolute Gasteiger partial charge is 0.337 e. The highest BCUT2D eigenvalue weighted by Crippen LogP contribution is 2.46. The van der Waals surface area contributed by atoms with Crippen LogP contribution in [0.5, 0.6) is 0 Å². The van der Waals surface area contributed by atoms with Gasteiger partial charge in [-0.05, 0) is 42.5 Å². The van der Waals surface area contributed by atoms with Crippen molar-refractivity contribution in [2.24, 2.45) is 0 Å². The van der Waals surface area contributed by atoms with Crippen molar-refractivity contribution in [3.63, 3.8) is 0 Å². The Kier molecular flexibility index (Phi) is 4.63. The zero-order valence-corrected chi connectivity index (χ0v) is 17.3. The molecule has 0 saturated heterocycles. The summed E-state index contributed by atoms with van der Waals surface area (Å²) in [6, 6.07) is 14.4. The second kappa shape index (κ2) is 7.30. The zero-order valence-electron chi connectivity index (χ0n) is 16.5. The number of esters is 1. The van der Waals surface area contributed by atoms with Crippen LogP contribution in [-0.4, -0.2) is 22.6 Å². The van der Waals surface area contributed by atoms with Gasteiger partial charge in [0.25, 0.3) is 0 Å². The summed E-state index contributed by atoms with van der Waals surface area (Å²) in [5, 5.41) is 4.65. The normalized spacial score (nSPS) is 16.7. The third kappa shape index (κ3) is 3.04. The molecule has 1 aliphatic carbocycles. The number of nitrogens with one attached hydrogen (secondary N) is 1. The molecular formula is C24H24N2O2S. The lowest BCUT2D eigenvalue weighted by molar-refractivity contribution is 0.0601. The molecule has 5 heteroatoms. The molecule has 0 atom stereocenters. The fraction of sp³-hybridized carbons (Fsp3) is 0.333. The lowest BCUT2D eigenvalue weighted by Crippen LogP contribution is -2.14. The lowest BCUT2D eigenvalue weighted by Gasteiger charge is -2.23. The quantitative estimate of drug-likeness (QED) is 0.427. The fourth-order valence-corrected chi connectivity index (χ4v) is 5.25. The zero-order chi connectivity index (χ0) is 20.0. The summed E-state index contributed by atoms with van der Waals surface area (Å²) >= 11 is 5.66. The van der Waals surface area contributed by atoms with Crippen molar-refractivity contribution in [2.75, 3.05) is 12.4 Å². The number of methoxy groups -OCH3 is 1. The van der Waals surface area contributed by atoms with Crippen molar-refractivity contribution in [1.29, 1.82) is 0 Å². The minimum atomic E-state index is -0.309. The third-order valence-electron chi connectivity index (χ3n) is 6.30. The van der Waals surface area contributed by atoms with Crippen LogP contribution in [0.1, 0.15) is 53.9 Å². The first kappa shape index (κ1) is 18.4. The maximum atomic E-state index is 12.2. The van der Waals surface area contributed by atoms with E-state index in [9.17, 15) is 4.79 Å². The number of para-hydroxylation sites is 1. The van der Waals surface area contributed by atoms with E-state index in [0.29, 0.717) is 18.0 Å². The molecule has 1 fully saturated rings. The van der Waals surface area contributed by atoms with E-state index in [1.165, 1.54) is 61.4 Å². The molecule has 0 bridgehead atoms. The van der Waals surface area contributed by atoms with E-state index >= 15 is 0 Å². The van der Waals surface area contributed by atoms with Gasteiger partial charge in [0.15, 0.2) is 0 Å². The van der Waals surface area contributed by atoms with Gasteiger partial charge in [-0.2, -0.15) is 0 Å². The molecule has 29 heavy (non-hydrogen) atoms. The highest BCUT2D eigenvalue weighted by Gasteiger charge is 2.29. The van der Waals surface area contributed by atoms with E-state index < -0.39 is 0 Å². The number of ether oxygens (including phenoxy) is 1. The monoisotopic (exact) mass is 404 g/mol. The molecule has 0 radical (unpaired) electrons. The minimum absolute atomic E-state index is 0.309. The Hall–Kier alpha value is -2.66. The molecule has 0 spiro atoms. The van der Waals surface area contributed by atoms with Gasteiger partial charge in [-0.15, -0.1) is 0 Å². The number of hydrogen-bond acceptors (Lipinski definition) is 3. The van der Waals surface area contributed by atoms with E-state index in [1.807, 2.05) is 18.2 Å². The van der Waals surface area contributed by atoms with Crippen LogP contribution in [0, 0.1) is 0 Å². The average molecular weight is 405 g/mol. The van der Waals surface area contributed by atoms with Gasteiger partial charge < -0.3 is 14.6 Å². The van der Waals surface area contributed by atoms with Gasteiger partial charge in [0.1, 0.15) is 0 Å². The summed E-state index contributed by atoms with van der Waals surface area (Å²) in [7, 11) is 1.42. The molecule has 2 aromatic carbocycles. The topological polar surface area (TPSA) is 43.3 Å². The van der Waals surface area contributed by atoms with Crippen LogP contribution in [0.3, 0.4) is 0 Å². The van der Waals surface area contributed by atoms with Crippen LogP contribution in [0.25, 0.3) is 22.2 Å². The number of carbonyl (C=O) groups is 1. The van der Waals surface area contributed by atoms with Crippen LogP contribution in [-0.2, 0) is 11.3 Å². The Bertz CT molecular complexity index is 1130. The molecule has 1 aromatic heterocycles. The maximum absolute atomic E-state index is 12.2. The van der Waals surface area contributed by atoms with Gasteiger partial charge in [0.2, 0.25) is 0 Å². The number of fused-ring (bicyclic) bond motifs is 5. The largest absolute Gasteiger partial charge is 0.465 e. The molecule has 0 amide bonds. The van der Waals surface area contributed by atoms with Crippen LogP contribution in [0.2, 0.25) is 0 Å². The number of hydrogen-bond donors (Lipinski definition) is 1. The molecule has 0 unspecified atom stereocenters. The number of benzene rings is 2. The van der Waals surface area contributed by atoms with Crippen molar-refractivity contribution < 1.29 is 9.53 Å². The number of nitrogens with zero attached hydrogens (tertiary/aromatic N) is 1. The second-order valence-electron chi connectivity index (χ2n) is 8.00. The lowest BCUT2D eigenvalue weighted by atomic mass is 9.81. The van der Waals surface area contributed by atoms with Crippen molar-refractivity contribution in [3.8, 4) is 11.3 Å². The summed E-state index contributed by atoms with van der Waals surface area (Å²) in [6.45, 7) is 0.604. The Labute approximate surface area is 175 Å². The van der Waals surface area contributed by atoms with E-state index in [4.69, 9.17) is 17.0 Å². The van der Waals surface area contributed by atoms with Gasteiger partial charge in [0, 0.05) is 16.6 Å². The van der Waals surface area contributed by atoms with E-state index in [2.05, 4.69) is 34.1 Å². The first-order chi connectivity index (χ1) is 14.2. The number of rotatable bonds is 2. The molecule has 1 aliphatic heterocycles. The summed E-state index contributed by atoms with van der Waals surface area (Å²) < 4.78 is 7.27. The molecule has 1 N–H and O–H groups in total. The van der Waals surface area contributed by atoms with Crippen LogP contribution in [0.15, 0.2) is 42.5 Å². The molecule has 148 valence electrons. The van der Waals surface area contributed by atoms with E-state index in [1.54, 1.807) is 0 Å². The van der Waals surface area contributed by atoms with E-state index in [-0.39, 0.29) is 5.97 Å². The van der Waals surface area contributed by atoms with Crippen molar-refractivity contribution in [1.82, 2.24) is 4.57 Å². The molecule has 5 rings (SSSR count). The molecule has 2 aliphatic rings. The predicted octanol–water partition coefficient (Wildman–Crippen LogP) is 5.90.